The summed E-state index contributed by atoms with van der Waals surface area (Å²) < 4.78 is 0. The highest BCUT2D eigenvalue weighted by molar-refractivity contribution is 6.30. The van der Waals surface area contributed by atoms with Gasteiger partial charge in [0.05, 0.1) is 12.7 Å². The topological polar surface area (TPSA) is 93.6 Å². The number of carbonyl (C=O) groups excluding carboxylic acids is 1. The van der Waals surface area contributed by atoms with Crippen LogP contribution in [0, 0.1) is 0 Å². The lowest BCUT2D eigenvalue weighted by atomic mass is 10.0. The number of para-hydroxylation sites is 1. The maximum absolute atomic E-state index is 12.1. The highest BCUT2D eigenvalue weighted by Gasteiger charge is 2.13. The molecule has 0 saturated carbocycles. The Balaban J connectivity index is 1.48. The van der Waals surface area contributed by atoms with E-state index in [9.17, 15) is 15.0 Å². The zero-order valence-electron chi connectivity index (χ0n) is 17.0. The molecule has 0 aliphatic carbocycles. The predicted molar refractivity (Wildman–Crippen MR) is 125 cm³/mol. The van der Waals surface area contributed by atoms with Gasteiger partial charge in [-0.2, -0.15) is 0 Å². The van der Waals surface area contributed by atoms with Gasteiger partial charge in [-0.05, 0) is 53.9 Å². The van der Waals surface area contributed by atoms with E-state index in [1.807, 2.05) is 60.7 Å². The summed E-state index contributed by atoms with van der Waals surface area (Å²) in [6.45, 7) is 0.229. The SMILES string of the molecule is O=C(Nc1ccccc1)Nc1ccc(C[C@@H](CO)NC[C@H](O)c2cccc(Cl)c2)cc1. The van der Waals surface area contributed by atoms with Crippen molar-refractivity contribution < 1.29 is 15.0 Å². The second kappa shape index (κ2) is 11.5. The predicted octanol–water partition coefficient (Wildman–Crippen LogP) is 4.21. The van der Waals surface area contributed by atoms with Crippen molar-refractivity contribution in [1.82, 2.24) is 5.32 Å². The van der Waals surface area contributed by atoms with Crippen molar-refractivity contribution in [2.75, 3.05) is 23.8 Å². The van der Waals surface area contributed by atoms with Gasteiger partial charge in [0.2, 0.25) is 0 Å². The van der Waals surface area contributed by atoms with E-state index < -0.39 is 6.10 Å². The van der Waals surface area contributed by atoms with E-state index in [2.05, 4.69) is 16.0 Å². The fraction of sp³-hybridized carbons (Fsp3) is 0.208. The van der Waals surface area contributed by atoms with Gasteiger partial charge in [0.1, 0.15) is 0 Å². The number of rotatable bonds is 9. The summed E-state index contributed by atoms with van der Waals surface area (Å²) in [5.41, 5.74) is 3.11. The van der Waals surface area contributed by atoms with Gasteiger partial charge >= 0.3 is 6.03 Å². The van der Waals surface area contributed by atoms with Crippen LogP contribution in [0.25, 0.3) is 0 Å². The lowest BCUT2D eigenvalue weighted by molar-refractivity contribution is 0.158. The van der Waals surface area contributed by atoms with Crippen molar-refractivity contribution in [2.45, 2.75) is 18.6 Å². The molecule has 0 saturated heterocycles. The van der Waals surface area contributed by atoms with E-state index >= 15 is 0 Å². The summed E-state index contributed by atoms with van der Waals surface area (Å²) in [5, 5.41) is 29.3. The molecule has 0 unspecified atom stereocenters. The van der Waals surface area contributed by atoms with E-state index in [-0.39, 0.29) is 18.7 Å². The summed E-state index contributed by atoms with van der Waals surface area (Å²) >= 11 is 5.97. The number of urea groups is 1. The van der Waals surface area contributed by atoms with E-state index in [1.165, 1.54) is 0 Å². The van der Waals surface area contributed by atoms with Crippen LogP contribution < -0.4 is 16.0 Å². The smallest absolute Gasteiger partial charge is 0.323 e. The number of amides is 2. The summed E-state index contributed by atoms with van der Waals surface area (Å²) in [6.07, 6.45) is -0.141. The molecule has 0 heterocycles. The van der Waals surface area contributed by atoms with Crippen LogP contribution in [0.3, 0.4) is 0 Å². The normalized spacial score (nSPS) is 12.7. The summed E-state index contributed by atoms with van der Waals surface area (Å²) in [4.78, 5) is 12.1. The van der Waals surface area contributed by atoms with E-state index in [1.54, 1.807) is 18.2 Å². The van der Waals surface area contributed by atoms with Crippen LogP contribution in [-0.2, 0) is 6.42 Å². The molecular weight excluding hydrogens is 414 g/mol. The first-order chi connectivity index (χ1) is 15.0. The van der Waals surface area contributed by atoms with Gasteiger partial charge in [-0.1, -0.05) is 54.1 Å². The van der Waals surface area contributed by atoms with Crippen LogP contribution in [-0.4, -0.2) is 35.4 Å². The Morgan fingerprint density at radius 2 is 1.58 bits per heavy atom. The molecule has 3 rings (SSSR count). The molecule has 2 atom stereocenters. The lowest BCUT2D eigenvalue weighted by Gasteiger charge is -2.19. The summed E-state index contributed by atoms with van der Waals surface area (Å²) in [6, 6.07) is 23.2. The van der Waals surface area contributed by atoms with Crippen LogP contribution >= 0.6 is 11.6 Å². The Morgan fingerprint density at radius 1 is 0.903 bits per heavy atom. The molecule has 0 aliphatic heterocycles. The quantitative estimate of drug-likeness (QED) is 0.345. The molecule has 0 aliphatic rings. The first-order valence-electron chi connectivity index (χ1n) is 10.0. The number of nitrogens with one attached hydrogen (secondary N) is 3. The van der Waals surface area contributed by atoms with Gasteiger partial charge in [-0.3, -0.25) is 0 Å². The third-order valence-corrected chi connectivity index (χ3v) is 5.01. The fourth-order valence-electron chi connectivity index (χ4n) is 3.13. The van der Waals surface area contributed by atoms with Crippen molar-refractivity contribution in [3.8, 4) is 0 Å². The van der Waals surface area contributed by atoms with Crippen molar-refractivity contribution in [1.29, 1.82) is 0 Å². The zero-order chi connectivity index (χ0) is 22.1. The van der Waals surface area contributed by atoms with Crippen molar-refractivity contribution >= 4 is 29.0 Å². The molecule has 0 bridgehead atoms. The van der Waals surface area contributed by atoms with Gasteiger partial charge in [-0.15, -0.1) is 0 Å². The standard InChI is InChI=1S/C24H26ClN3O3/c25-19-6-4-5-18(14-19)23(30)15-26-22(16-29)13-17-9-11-21(12-10-17)28-24(31)27-20-7-2-1-3-8-20/h1-12,14,22-23,26,29-30H,13,15-16H2,(H2,27,28,31)/t22-,23-/m0/s1. The number of aliphatic hydroxyl groups excluding tert-OH is 2. The molecular formula is C24H26ClN3O3. The minimum atomic E-state index is -0.720. The number of carbonyl (C=O) groups is 1. The molecule has 3 aromatic carbocycles. The Kier molecular flexibility index (Phi) is 8.44. The van der Waals surface area contributed by atoms with Gasteiger partial charge in [0.15, 0.2) is 0 Å². The molecule has 7 heteroatoms. The number of halogens is 1. The molecule has 0 fully saturated rings. The number of benzene rings is 3. The second-order valence-electron chi connectivity index (χ2n) is 7.20. The molecule has 0 aromatic heterocycles. The molecule has 3 aromatic rings. The lowest BCUT2D eigenvalue weighted by Crippen LogP contribution is -2.37. The average molecular weight is 440 g/mol. The number of hydrogen-bond acceptors (Lipinski definition) is 4. The Labute approximate surface area is 186 Å². The molecule has 0 radical (unpaired) electrons. The Hall–Kier alpha value is -2.90. The van der Waals surface area contributed by atoms with Gasteiger partial charge in [0.25, 0.3) is 0 Å². The van der Waals surface area contributed by atoms with Crippen molar-refractivity contribution in [2.24, 2.45) is 0 Å². The summed E-state index contributed by atoms with van der Waals surface area (Å²) in [5.74, 6) is 0. The van der Waals surface area contributed by atoms with Gasteiger partial charge < -0.3 is 26.2 Å². The van der Waals surface area contributed by atoms with Gasteiger partial charge in [-0.25, -0.2) is 4.79 Å². The average Bonchev–Trinajstić information content (AvgIpc) is 2.78. The highest BCUT2D eigenvalue weighted by atomic mass is 35.5. The Bertz CT molecular complexity index is 967. The third-order valence-electron chi connectivity index (χ3n) is 4.78. The van der Waals surface area contributed by atoms with Gasteiger partial charge in [0, 0.05) is 29.0 Å². The summed E-state index contributed by atoms with van der Waals surface area (Å²) in [7, 11) is 0. The van der Waals surface area contributed by atoms with Crippen molar-refractivity contribution in [3.63, 3.8) is 0 Å². The largest absolute Gasteiger partial charge is 0.395 e. The fourth-order valence-corrected chi connectivity index (χ4v) is 3.33. The maximum atomic E-state index is 12.1. The molecule has 5 N–H and O–H groups in total. The van der Waals surface area contributed by atoms with Crippen LogP contribution in [0.2, 0.25) is 5.02 Å². The van der Waals surface area contributed by atoms with Crippen LogP contribution in [0.4, 0.5) is 16.2 Å². The molecule has 162 valence electrons. The first-order valence-corrected chi connectivity index (χ1v) is 10.4. The van der Waals surface area contributed by atoms with Crippen LogP contribution in [0.15, 0.2) is 78.9 Å². The molecule has 6 nitrogen and oxygen atoms in total. The second-order valence-corrected chi connectivity index (χ2v) is 7.64. The molecule has 0 spiro atoms. The third kappa shape index (κ3) is 7.38. The monoisotopic (exact) mass is 439 g/mol. The highest BCUT2D eigenvalue weighted by Crippen LogP contribution is 2.18. The Morgan fingerprint density at radius 3 is 2.23 bits per heavy atom. The van der Waals surface area contributed by atoms with Crippen LogP contribution in [0.1, 0.15) is 17.2 Å². The van der Waals surface area contributed by atoms with E-state index in [0.717, 1.165) is 11.1 Å². The first kappa shape index (κ1) is 22.8. The van der Waals surface area contributed by atoms with Crippen molar-refractivity contribution in [3.05, 3.63) is 95.0 Å². The molecule has 31 heavy (non-hydrogen) atoms. The molecule has 2 amide bonds. The number of anilines is 2. The number of hydrogen-bond donors (Lipinski definition) is 5. The minimum Gasteiger partial charge on any atom is -0.395 e. The maximum Gasteiger partial charge on any atom is 0.323 e. The van der Waals surface area contributed by atoms with E-state index in [0.29, 0.717) is 29.4 Å². The minimum absolute atomic E-state index is 0.0677. The zero-order valence-corrected chi connectivity index (χ0v) is 17.7. The van der Waals surface area contributed by atoms with Crippen LogP contribution in [0.5, 0.6) is 0 Å². The number of aliphatic hydroxyl groups is 2. The van der Waals surface area contributed by atoms with E-state index in [4.69, 9.17) is 11.6 Å².